The highest BCUT2D eigenvalue weighted by Gasteiger charge is 2.44. The maximum absolute atomic E-state index is 13.4. The Hall–Kier alpha value is -2.80. The van der Waals surface area contributed by atoms with Crippen molar-refractivity contribution in [3.05, 3.63) is 54.1 Å². The van der Waals surface area contributed by atoms with Crippen LogP contribution >= 0.6 is 11.8 Å². The second kappa shape index (κ2) is 8.92. The minimum atomic E-state index is -1.25. The summed E-state index contributed by atoms with van der Waals surface area (Å²) in [5.41, 5.74) is 0.831. The van der Waals surface area contributed by atoms with Crippen LogP contribution in [0.1, 0.15) is 43.6 Å². The predicted octanol–water partition coefficient (Wildman–Crippen LogP) is 3.81. The van der Waals surface area contributed by atoms with E-state index < -0.39 is 28.8 Å². The van der Waals surface area contributed by atoms with E-state index in [1.165, 1.54) is 6.07 Å². The zero-order valence-electron chi connectivity index (χ0n) is 16.5. The van der Waals surface area contributed by atoms with Crippen molar-refractivity contribution in [2.45, 2.75) is 49.0 Å². The monoisotopic (exact) mass is 424 g/mol. The fraction of sp³-hybridized carbons (Fsp3) is 0.348. The van der Waals surface area contributed by atoms with E-state index in [2.05, 4.69) is 10.6 Å². The smallest absolute Gasteiger partial charge is 0.237 e. The van der Waals surface area contributed by atoms with Crippen molar-refractivity contribution in [1.29, 1.82) is 0 Å². The zero-order chi connectivity index (χ0) is 21.1. The molecule has 4 rings (SSSR count). The SMILES string of the molecule is O=C1Nc2ccccc2SC(=O)C1C(C(=O)NC1CCCCC1)c1ccccc1O. The van der Waals surface area contributed by atoms with Crippen molar-refractivity contribution in [3.8, 4) is 5.75 Å². The lowest BCUT2D eigenvalue weighted by Crippen LogP contribution is -2.45. The molecular weight excluding hydrogens is 400 g/mol. The first-order valence-corrected chi connectivity index (χ1v) is 11.1. The fourth-order valence-corrected chi connectivity index (χ4v) is 5.16. The van der Waals surface area contributed by atoms with Gasteiger partial charge in [-0.05, 0) is 42.8 Å². The van der Waals surface area contributed by atoms with Crippen molar-refractivity contribution in [2.75, 3.05) is 5.32 Å². The standard InChI is InChI=1S/C23H24N2O4S/c26-17-12-6-4-10-15(17)19(21(27)24-14-8-2-1-3-9-14)20-22(28)25-16-11-5-7-13-18(16)30-23(20)29/h4-7,10-14,19-20,26H,1-3,8-9H2,(H,24,27)(H,25,28). The van der Waals surface area contributed by atoms with Crippen molar-refractivity contribution in [2.24, 2.45) is 5.92 Å². The number of benzene rings is 2. The number of hydrogen-bond donors (Lipinski definition) is 3. The molecule has 0 aromatic heterocycles. The van der Waals surface area contributed by atoms with E-state index >= 15 is 0 Å². The third-order valence-electron chi connectivity index (χ3n) is 5.73. The van der Waals surface area contributed by atoms with E-state index in [9.17, 15) is 19.5 Å². The number of amides is 2. The molecule has 2 amide bonds. The van der Waals surface area contributed by atoms with Crippen LogP contribution in [0.25, 0.3) is 0 Å². The molecular formula is C23H24N2O4S. The van der Waals surface area contributed by atoms with Crippen LogP contribution in [0.4, 0.5) is 5.69 Å². The minimum Gasteiger partial charge on any atom is -0.508 e. The van der Waals surface area contributed by atoms with Gasteiger partial charge in [0, 0.05) is 16.5 Å². The highest BCUT2D eigenvalue weighted by molar-refractivity contribution is 8.14. The van der Waals surface area contributed by atoms with Gasteiger partial charge in [-0.2, -0.15) is 0 Å². The molecule has 2 atom stereocenters. The van der Waals surface area contributed by atoms with Crippen molar-refractivity contribution in [1.82, 2.24) is 5.32 Å². The first-order valence-electron chi connectivity index (χ1n) is 10.2. The van der Waals surface area contributed by atoms with Gasteiger partial charge in [0.2, 0.25) is 16.9 Å². The molecule has 2 unspecified atom stereocenters. The number of phenols is 1. The number of thioether (sulfide) groups is 1. The van der Waals surface area contributed by atoms with Crippen LogP contribution < -0.4 is 10.6 Å². The van der Waals surface area contributed by atoms with Gasteiger partial charge in [0.25, 0.3) is 0 Å². The number of carbonyl (C=O) groups is 3. The average Bonchev–Trinajstić information content (AvgIpc) is 2.86. The van der Waals surface area contributed by atoms with Gasteiger partial charge in [-0.15, -0.1) is 0 Å². The molecule has 1 aliphatic carbocycles. The molecule has 1 fully saturated rings. The van der Waals surface area contributed by atoms with Crippen LogP contribution in [-0.2, 0) is 14.4 Å². The summed E-state index contributed by atoms with van der Waals surface area (Å²) in [6.07, 6.45) is 4.99. The normalized spacial score (nSPS) is 20.6. The second-order valence-corrected chi connectivity index (χ2v) is 8.81. The van der Waals surface area contributed by atoms with Crippen LogP contribution in [0.3, 0.4) is 0 Å². The number of fused-ring (bicyclic) bond motifs is 1. The van der Waals surface area contributed by atoms with E-state index in [0.717, 1.165) is 43.9 Å². The Morgan fingerprint density at radius 1 is 1.03 bits per heavy atom. The quantitative estimate of drug-likeness (QED) is 0.649. The highest BCUT2D eigenvalue weighted by Crippen LogP contribution is 2.41. The summed E-state index contributed by atoms with van der Waals surface area (Å²) in [5, 5.41) is 15.9. The predicted molar refractivity (Wildman–Crippen MR) is 115 cm³/mol. The van der Waals surface area contributed by atoms with Gasteiger partial charge in [0.05, 0.1) is 11.6 Å². The molecule has 3 N–H and O–H groups in total. The Morgan fingerprint density at radius 2 is 1.73 bits per heavy atom. The first kappa shape index (κ1) is 20.5. The minimum absolute atomic E-state index is 0.0217. The van der Waals surface area contributed by atoms with Gasteiger partial charge in [-0.25, -0.2) is 0 Å². The third kappa shape index (κ3) is 4.21. The van der Waals surface area contributed by atoms with Crippen LogP contribution in [0.15, 0.2) is 53.4 Å². The van der Waals surface area contributed by atoms with E-state index in [0.29, 0.717) is 10.6 Å². The molecule has 2 aliphatic rings. The maximum Gasteiger partial charge on any atom is 0.237 e. The van der Waals surface area contributed by atoms with E-state index in [-0.39, 0.29) is 17.4 Å². The molecule has 0 saturated heterocycles. The summed E-state index contributed by atoms with van der Waals surface area (Å²) in [4.78, 5) is 40.3. The van der Waals surface area contributed by atoms with Crippen molar-refractivity contribution < 1.29 is 19.5 Å². The number of carbonyl (C=O) groups excluding carboxylic acids is 3. The number of nitrogens with one attached hydrogen (secondary N) is 2. The Morgan fingerprint density at radius 3 is 2.50 bits per heavy atom. The van der Waals surface area contributed by atoms with Crippen molar-refractivity contribution in [3.63, 3.8) is 0 Å². The van der Waals surface area contributed by atoms with Gasteiger partial charge in [0.15, 0.2) is 0 Å². The molecule has 0 spiro atoms. The number of para-hydroxylation sites is 2. The second-order valence-electron chi connectivity index (χ2n) is 7.76. The summed E-state index contributed by atoms with van der Waals surface area (Å²) in [6, 6.07) is 13.5. The van der Waals surface area contributed by atoms with Crippen molar-refractivity contribution >= 4 is 34.4 Å². The van der Waals surface area contributed by atoms with Gasteiger partial charge in [0.1, 0.15) is 11.7 Å². The highest BCUT2D eigenvalue weighted by atomic mass is 32.2. The van der Waals surface area contributed by atoms with E-state index in [4.69, 9.17) is 0 Å². The molecule has 0 radical (unpaired) electrons. The number of anilines is 1. The lowest BCUT2D eigenvalue weighted by molar-refractivity contribution is -0.134. The van der Waals surface area contributed by atoms with E-state index in [1.54, 1.807) is 42.5 Å². The average molecular weight is 425 g/mol. The number of phenolic OH excluding ortho intramolecular Hbond substituents is 1. The largest absolute Gasteiger partial charge is 0.508 e. The molecule has 0 bridgehead atoms. The van der Waals surface area contributed by atoms with Gasteiger partial charge >= 0.3 is 0 Å². The molecule has 1 heterocycles. The van der Waals surface area contributed by atoms with E-state index in [1.807, 2.05) is 0 Å². The Kier molecular flexibility index (Phi) is 6.08. The van der Waals surface area contributed by atoms with Gasteiger partial charge < -0.3 is 15.7 Å². The topological polar surface area (TPSA) is 95.5 Å². The summed E-state index contributed by atoms with van der Waals surface area (Å²) < 4.78 is 0. The first-order chi connectivity index (χ1) is 14.5. The summed E-state index contributed by atoms with van der Waals surface area (Å²) >= 11 is 0.953. The van der Waals surface area contributed by atoms with Crippen LogP contribution in [0.5, 0.6) is 5.75 Å². The molecule has 7 heteroatoms. The molecule has 2 aromatic carbocycles. The molecule has 30 heavy (non-hydrogen) atoms. The fourth-order valence-electron chi connectivity index (χ4n) is 4.20. The Balaban J connectivity index is 1.70. The molecule has 2 aromatic rings. The Bertz CT molecular complexity index is 934. The number of rotatable bonds is 4. The van der Waals surface area contributed by atoms with Gasteiger partial charge in [-0.3, -0.25) is 14.4 Å². The lowest BCUT2D eigenvalue weighted by atomic mass is 9.83. The maximum atomic E-state index is 13.4. The summed E-state index contributed by atoms with van der Waals surface area (Å²) in [5.74, 6) is -3.40. The third-order valence-corrected chi connectivity index (χ3v) is 6.76. The molecule has 6 nitrogen and oxygen atoms in total. The lowest BCUT2D eigenvalue weighted by Gasteiger charge is -2.28. The number of hydrogen-bond acceptors (Lipinski definition) is 5. The molecule has 156 valence electrons. The van der Waals surface area contributed by atoms with Crippen LogP contribution in [0.2, 0.25) is 0 Å². The number of aromatic hydroxyl groups is 1. The van der Waals surface area contributed by atoms with Gasteiger partial charge in [-0.1, -0.05) is 49.6 Å². The Labute approximate surface area is 179 Å². The zero-order valence-corrected chi connectivity index (χ0v) is 17.3. The molecule has 1 saturated carbocycles. The summed E-state index contributed by atoms with van der Waals surface area (Å²) in [7, 11) is 0. The summed E-state index contributed by atoms with van der Waals surface area (Å²) in [6.45, 7) is 0. The van der Waals surface area contributed by atoms with Crippen LogP contribution in [0, 0.1) is 5.92 Å². The molecule has 1 aliphatic heterocycles. The van der Waals surface area contributed by atoms with Crippen LogP contribution in [-0.4, -0.2) is 28.1 Å².